The van der Waals surface area contributed by atoms with Crippen LogP contribution in [-0.4, -0.2) is 37.1 Å². The second-order valence-electron chi connectivity index (χ2n) is 6.94. The summed E-state index contributed by atoms with van der Waals surface area (Å²) in [4.78, 5) is 2.64. The molecule has 0 radical (unpaired) electrons. The van der Waals surface area contributed by atoms with Gasteiger partial charge in [-0.1, -0.05) is 20.8 Å². The van der Waals surface area contributed by atoms with Crippen LogP contribution in [0.2, 0.25) is 0 Å². The van der Waals surface area contributed by atoms with Crippen molar-refractivity contribution in [1.82, 2.24) is 10.2 Å². The van der Waals surface area contributed by atoms with Crippen LogP contribution in [0.3, 0.4) is 0 Å². The molecule has 0 aromatic heterocycles. The molecule has 1 aliphatic heterocycles. The summed E-state index contributed by atoms with van der Waals surface area (Å²) >= 11 is 0. The summed E-state index contributed by atoms with van der Waals surface area (Å²) in [7, 11) is 0. The third kappa shape index (κ3) is 4.24. The van der Waals surface area contributed by atoms with E-state index >= 15 is 0 Å². The fraction of sp³-hybridized carbons (Fsp3) is 1.00. The van der Waals surface area contributed by atoms with E-state index in [-0.39, 0.29) is 0 Å². The van der Waals surface area contributed by atoms with Crippen molar-refractivity contribution >= 4 is 0 Å². The Labute approximate surface area is 114 Å². The lowest BCUT2D eigenvalue weighted by Gasteiger charge is -2.34. The molecule has 0 aromatic rings. The average Bonchev–Trinajstić information content (AvgIpc) is 2.36. The molecule has 2 nitrogen and oxygen atoms in total. The number of nitrogens with one attached hydrogen (secondary N) is 1. The van der Waals surface area contributed by atoms with Gasteiger partial charge < -0.3 is 10.2 Å². The SMILES string of the molecule is CC1CCN(CCNC2CCC(C)C(C)C2)CC1. The van der Waals surface area contributed by atoms with E-state index in [0.29, 0.717) is 0 Å². The number of likely N-dealkylation sites (tertiary alicyclic amines) is 1. The topological polar surface area (TPSA) is 15.3 Å². The molecule has 2 rings (SSSR count). The molecule has 2 aliphatic rings. The molecule has 0 amide bonds. The van der Waals surface area contributed by atoms with Gasteiger partial charge in [0, 0.05) is 19.1 Å². The molecule has 1 N–H and O–H groups in total. The van der Waals surface area contributed by atoms with Crippen LogP contribution in [0.5, 0.6) is 0 Å². The van der Waals surface area contributed by atoms with E-state index < -0.39 is 0 Å². The zero-order valence-corrected chi connectivity index (χ0v) is 12.6. The van der Waals surface area contributed by atoms with Gasteiger partial charge in [-0.3, -0.25) is 0 Å². The lowest BCUT2D eigenvalue weighted by Crippen LogP contribution is -2.42. The monoisotopic (exact) mass is 252 g/mol. The highest BCUT2D eigenvalue weighted by Crippen LogP contribution is 2.29. The van der Waals surface area contributed by atoms with Crippen molar-refractivity contribution in [2.45, 2.75) is 58.9 Å². The normalized spacial score (nSPS) is 35.8. The van der Waals surface area contributed by atoms with E-state index in [1.54, 1.807) is 0 Å². The van der Waals surface area contributed by atoms with Crippen LogP contribution in [0.4, 0.5) is 0 Å². The highest BCUT2D eigenvalue weighted by molar-refractivity contribution is 4.80. The van der Waals surface area contributed by atoms with Gasteiger partial charge in [0.05, 0.1) is 0 Å². The molecule has 1 saturated heterocycles. The maximum absolute atomic E-state index is 3.79. The highest BCUT2D eigenvalue weighted by atomic mass is 15.1. The van der Waals surface area contributed by atoms with Crippen LogP contribution in [0.15, 0.2) is 0 Å². The Bertz CT molecular complexity index is 233. The second kappa shape index (κ2) is 6.91. The van der Waals surface area contributed by atoms with Crippen LogP contribution >= 0.6 is 0 Å². The minimum Gasteiger partial charge on any atom is -0.313 e. The smallest absolute Gasteiger partial charge is 0.0107 e. The van der Waals surface area contributed by atoms with Crippen molar-refractivity contribution in [3.63, 3.8) is 0 Å². The van der Waals surface area contributed by atoms with E-state index in [4.69, 9.17) is 0 Å². The molecule has 2 heteroatoms. The van der Waals surface area contributed by atoms with Crippen LogP contribution in [0.1, 0.15) is 52.9 Å². The predicted octanol–water partition coefficient (Wildman–Crippen LogP) is 3.13. The first kappa shape index (κ1) is 14.3. The molecule has 0 spiro atoms. The summed E-state index contributed by atoms with van der Waals surface area (Å²) in [5, 5.41) is 3.79. The molecule has 1 saturated carbocycles. The molecule has 2 fully saturated rings. The van der Waals surface area contributed by atoms with Crippen molar-refractivity contribution in [2.24, 2.45) is 17.8 Å². The van der Waals surface area contributed by atoms with Gasteiger partial charge in [0.1, 0.15) is 0 Å². The molecule has 3 unspecified atom stereocenters. The van der Waals surface area contributed by atoms with Gasteiger partial charge in [0.15, 0.2) is 0 Å². The zero-order chi connectivity index (χ0) is 13.0. The van der Waals surface area contributed by atoms with Crippen LogP contribution in [0.25, 0.3) is 0 Å². The van der Waals surface area contributed by atoms with Gasteiger partial charge in [-0.05, 0) is 62.9 Å². The number of hydrogen-bond donors (Lipinski definition) is 1. The van der Waals surface area contributed by atoms with Crippen molar-refractivity contribution in [2.75, 3.05) is 26.2 Å². The van der Waals surface area contributed by atoms with Gasteiger partial charge in [-0.15, -0.1) is 0 Å². The first-order chi connectivity index (χ1) is 8.65. The van der Waals surface area contributed by atoms with Crippen LogP contribution in [0, 0.1) is 17.8 Å². The maximum atomic E-state index is 3.79. The van der Waals surface area contributed by atoms with E-state index in [0.717, 1.165) is 23.8 Å². The van der Waals surface area contributed by atoms with Crippen molar-refractivity contribution < 1.29 is 0 Å². The van der Waals surface area contributed by atoms with Gasteiger partial charge >= 0.3 is 0 Å². The molecule has 0 bridgehead atoms. The van der Waals surface area contributed by atoms with Gasteiger partial charge in [0.25, 0.3) is 0 Å². The van der Waals surface area contributed by atoms with E-state index in [9.17, 15) is 0 Å². The Morgan fingerprint density at radius 3 is 2.33 bits per heavy atom. The van der Waals surface area contributed by atoms with Crippen LogP contribution < -0.4 is 5.32 Å². The summed E-state index contributed by atoms with van der Waals surface area (Å²) in [6.45, 7) is 12.3. The van der Waals surface area contributed by atoms with Gasteiger partial charge in [-0.25, -0.2) is 0 Å². The molecule has 18 heavy (non-hydrogen) atoms. The third-order valence-corrected chi connectivity index (χ3v) is 5.34. The molecule has 106 valence electrons. The van der Waals surface area contributed by atoms with Crippen molar-refractivity contribution in [3.05, 3.63) is 0 Å². The zero-order valence-electron chi connectivity index (χ0n) is 12.6. The molecule has 1 heterocycles. The number of hydrogen-bond acceptors (Lipinski definition) is 2. The Balaban J connectivity index is 1.58. The quantitative estimate of drug-likeness (QED) is 0.827. The molecular formula is C16H32N2. The lowest BCUT2D eigenvalue weighted by atomic mass is 9.79. The Kier molecular flexibility index (Phi) is 5.50. The molecule has 3 atom stereocenters. The fourth-order valence-corrected chi connectivity index (χ4v) is 3.45. The summed E-state index contributed by atoms with van der Waals surface area (Å²) in [5.74, 6) is 2.80. The number of piperidine rings is 1. The third-order valence-electron chi connectivity index (χ3n) is 5.34. The number of rotatable bonds is 4. The lowest BCUT2D eigenvalue weighted by molar-refractivity contribution is 0.181. The first-order valence-electron chi connectivity index (χ1n) is 8.11. The second-order valence-corrected chi connectivity index (χ2v) is 6.94. The van der Waals surface area contributed by atoms with E-state index in [2.05, 4.69) is 31.0 Å². The number of nitrogens with zero attached hydrogens (tertiary/aromatic N) is 1. The summed E-state index contributed by atoms with van der Waals surface area (Å²) in [6, 6.07) is 0.792. The Hall–Kier alpha value is -0.0800. The molecule has 0 aromatic carbocycles. The van der Waals surface area contributed by atoms with Gasteiger partial charge in [-0.2, -0.15) is 0 Å². The van der Waals surface area contributed by atoms with Crippen molar-refractivity contribution in [1.29, 1.82) is 0 Å². The highest BCUT2D eigenvalue weighted by Gasteiger charge is 2.24. The largest absolute Gasteiger partial charge is 0.313 e. The summed E-state index contributed by atoms with van der Waals surface area (Å²) in [6.07, 6.45) is 7.00. The minimum absolute atomic E-state index is 0.792. The Morgan fingerprint density at radius 2 is 1.67 bits per heavy atom. The fourth-order valence-electron chi connectivity index (χ4n) is 3.45. The first-order valence-corrected chi connectivity index (χ1v) is 8.11. The Morgan fingerprint density at radius 1 is 0.944 bits per heavy atom. The van der Waals surface area contributed by atoms with Crippen molar-refractivity contribution in [3.8, 4) is 0 Å². The standard InChI is InChI=1S/C16H32N2/c1-13-6-9-18(10-7-13)11-8-17-16-5-4-14(2)15(3)12-16/h13-17H,4-12H2,1-3H3. The summed E-state index contributed by atoms with van der Waals surface area (Å²) < 4.78 is 0. The van der Waals surface area contributed by atoms with E-state index in [1.165, 1.54) is 58.3 Å². The minimum atomic E-state index is 0.792. The van der Waals surface area contributed by atoms with Gasteiger partial charge in [0.2, 0.25) is 0 Å². The molecular weight excluding hydrogens is 220 g/mol. The average molecular weight is 252 g/mol. The maximum Gasteiger partial charge on any atom is 0.0107 e. The predicted molar refractivity (Wildman–Crippen MR) is 78.8 cm³/mol. The van der Waals surface area contributed by atoms with E-state index in [1.807, 2.05) is 0 Å². The summed E-state index contributed by atoms with van der Waals surface area (Å²) in [5.41, 5.74) is 0. The molecule has 1 aliphatic carbocycles. The van der Waals surface area contributed by atoms with Crippen LogP contribution in [-0.2, 0) is 0 Å².